The predicted octanol–water partition coefficient (Wildman–Crippen LogP) is 3.16. The van der Waals surface area contributed by atoms with Gasteiger partial charge in [0.2, 0.25) is 10.0 Å². The van der Waals surface area contributed by atoms with Gasteiger partial charge in [-0.15, -0.1) is 0 Å². The van der Waals surface area contributed by atoms with E-state index in [1.165, 1.54) is 10.4 Å². The van der Waals surface area contributed by atoms with Crippen molar-refractivity contribution in [2.75, 3.05) is 26.3 Å². The molecule has 1 saturated heterocycles. The summed E-state index contributed by atoms with van der Waals surface area (Å²) in [5.41, 5.74) is 1.82. The Morgan fingerprint density at radius 3 is 2.43 bits per heavy atom. The SMILES string of the molecule is Cc1ccc(C(=O)NC(C)c2ccc(Cl)cc2)cc1S(=O)(=O)N1CCOCC1. The van der Waals surface area contributed by atoms with E-state index in [1.807, 2.05) is 19.1 Å². The molecule has 0 radical (unpaired) electrons. The molecule has 1 aliphatic heterocycles. The Hall–Kier alpha value is -1.93. The van der Waals surface area contributed by atoms with Crippen LogP contribution in [0.4, 0.5) is 0 Å². The number of sulfonamides is 1. The molecule has 0 aliphatic carbocycles. The quantitative estimate of drug-likeness (QED) is 0.803. The van der Waals surface area contributed by atoms with Gasteiger partial charge in [-0.05, 0) is 49.2 Å². The van der Waals surface area contributed by atoms with Crippen molar-refractivity contribution in [3.63, 3.8) is 0 Å². The molecular weight excluding hydrogens is 400 g/mol. The van der Waals surface area contributed by atoms with Crippen LogP contribution >= 0.6 is 11.6 Å². The highest BCUT2D eigenvalue weighted by atomic mass is 35.5. The first kappa shape index (κ1) is 20.8. The molecule has 0 aromatic heterocycles. The lowest BCUT2D eigenvalue weighted by molar-refractivity contribution is 0.0730. The fraction of sp³-hybridized carbons (Fsp3) is 0.350. The van der Waals surface area contributed by atoms with E-state index in [1.54, 1.807) is 31.2 Å². The van der Waals surface area contributed by atoms with Crippen LogP contribution in [0.25, 0.3) is 0 Å². The Morgan fingerprint density at radius 1 is 1.14 bits per heavy atom. The fourth-order valence-electron chi connectivity index (χ4n) is 3.06. The van der Waals surface area contributed by atoms with Gasteiger partial charge in [-0.3, -0.25) is 4.79 Å². The first-order chi connectivity index (χ1) is 13.3. The van der Waals surface area contributed by atoms with Gasteiger partial charge >= 0.3 is 0 Å². The first-order valence-electron chi connectivity index (χ1n) is 9.04. The molecule has 150 valence electrons. The summed E-state index contributed by atoms with van der Waals surface area (Å²) in [6.07, 6.45) is 0. The Morgan fingerprint density at radius 2 is 1.79 bits per heavy atom. The van der Waals surface area contributed by atoms with Gasteiger partial charge in [0.15, 0.2) is 0 Å². The molecule has 1 atom stereocenters. The lowest BCUT2D eigenvalue weighted by Crippen LogP contribution is -2.41. The van der Waals surface area contributed by atoms with E-state index in [0.29, 0.717) is 42.5 Å². The number of hydrogen-bond acceptors (Lipinski definition) is 4. The van der Waals surface area contributed by atoms with Crippen LogP contribution in [0.5, 0.6) is 0 Å². The molecule has 6 nitrogen and oxygen atoms in total. The zero-order valence-electron chi connectivity index (χ0n) is 15.8. The molecule has 0 spiro atoms. The standard InChI is InChI=1S/C20H23ClN2O4S/c1-14-3-4-17(13-19(14)28(25,26)23-9-11-27-12-10-23)20(24)22-15(2)16-5-7-18(21)8-6-16/h3-8,13,15H,9-12H2,1-2H3,(H,22,24). The molecule has 1 unspecified atom stereocenters. The molecule has 1 fully saturated rings. The number of carbonyl (C=O) groups excluding carboxylic acids is 1. The van der Waals surface area contributed by atoms with Gasteiger partial charge in [0.05, 0.1) is 24.2 Å². The number of hydrogen-bond donors (Lipinski definition) is 1. The average molecular weight is 423 g/mol. The van der Waals surface area contributed by atoms with Crippen molar-refractivity contribution in [2.24, 2.45) is 0 Å². The smallest absolute Gasteiger partial charge is 0.251 e. The maximum absolute atomic E-state index is 13.0. The summed E-state index contributed by atoms with van der Waals surface area (Å²) in [5.74, 6) is -0.333. The number of nitrogens with one attached hydrogen (secondary N) is 1. The van der Waals surface area contributed by atoms with Crippen molar-refractivity contribution in [2.45, 2.75) is 24.8 Å². The zero-order chi connectivity index (χ0) is 20.3. The second kappa shape index (κ2) is 8.61. The number of benzene rings is 2. The van der Waals surface area contributed by atoms with Crippen molar-refractivity contribution < 1.29 is 17.9 Å². The van der Waals surface area contributed by atoms with Gasteiger partial charge in [-0.1, -0.05) is 29.8 Å². The summed E-state index contributed by atoms with van der Waals surface area (Å²) in [5, 5.41) is 3.52. The first-order valence-corrected chi connectivity index (χ1v) is 10.9. The number of carbonyl (C=O) groups is 1. The van der Waals surface area contributed by atoms with E-state index >= 15 is 0 Å². The third kappa shape index (κ3) is 4.55. The Labute approximate surface area is 170 Å². The van der Waals surface area contributed by atoms with Gasteiger partial charge in [0.25, 0.3) is 5.91 Å². The largest absolute Gasteiger partial charge is 0.379 e. The number of halogens is 1. The topological polar surface area (TPSA) is 75.7 Å². The van der Waals surface area contributed by atoms with Gasteiger partial charge in [-0.2, -0.15) is 4.31 Å². The average Bonchev–Trinajstić information content (AvgIpc) is 2.69. The van der Waals surface area contributed by atoms with Crippen molar-refractivity contribution in [1.29, 1.82) is 0 Å². The van der Waals surface area contributed by atoms with Crippen LogP contribution in [0.2, 0.25) is 5.02 Å². The van der Waals surface area contributed by atoms with Crippen LogP contribution in [0, 0.1) is 6.92 Å². The van der Waals surface area contributed by atoms with Crippen LogP contribution in [0.3, 0.4) is 0 Å². The number of morpholine rings is 1. The van der Waals surface area contributed by atoms with E-state index in [0.717, 1.165) is 5.56 Å². The fourth-order valence-corrected chi connectivity index (χ4v) is 4.84. The van der Waals surface area contributed by atoms with Gasteiger partial charge in [0.1, 0.15) is 0 Å². The minimum absolute atomic E-state index is 0.154. The molecule has 1 aliphatic rings. The lowest BCUT2D eigenvalue weighted by atomic mass is 10.1. The number of ether oxygens (including phenoxy) is 1. The molecule has 8 heteroatoms. The summed E-state index contributed by atoms with van der Waals surface area (Å²) >= 11 is 5.90. The van der Waals surface area contributed by atoms with Crippen LogP contribution in [-0.2, 0) is 14.8 Å². The normalized spacial score (nSPS) is 16.5. The number of rotatable bonds is 5. The third-order valence-corrected chi connectivity index (χ3v) is 7.05. The predicted molar refractivity (Wildman–Crippen MR) is 108 cm³/mol. The van der Waals surface area contributed by atoms with Gasteiger partial charge in [0, 0.05) is 23.7 Å². The maximum atomic E-state index is 13.0. The molecule has 0 bridgehead atoms. The van der Waals surface area contributed by atoms with E-state index in [2.05, 4.69) is 5.32 Å². The summed E-state index contributed by atoms with van der Waals surface area (Å²) < 4.78 is 32.6. The van der Waals surface area contributed by atoms with E-state index in [-0.39, 0.29) is 16.8 Å². The van der Waals surface area contributed by atoms with E-state index < -0.39 is 10.0 Å². The second-order valence-corrected chi connectivity index (χ2v) is 9.09. The van der Waals surface area contributed by atoms with Crippen LogP contribution in [0.15, 0.2) is 47.4 Å². The van der Waals surface area contributed by atoms with E-state index in [4.69, 9.17) is 16.3 Å². The molecule has 1 N–H and O–H groups in total. The van der Waals surface area contributed by atoms with Crippen molar-refractivity contribution >= 4 is 27.5 Å². The molecule has 0 saturated carbocycles. The highest BCUT2D eigenvalue weighted by Gasteiger charge is 2.28. The van der Waals surface area contributed by atoms with Gasteiger partial charge < -0.3 is 10.1 Å². The summed E-state index contributed by atoms with van der Waals surface area (Å²) in [6.45, 7) is 4.96. The number of aryl methyl sites for hydroxylation is 1. The molecular formula is C20H23ClN2O4S. The molecule has 1 amide bonds. The van der Waals surface area contributed by atoms with E-state index in [9.17, 15) is 13.2 Å². The van der Waals surface area contributed by atoms with Crippen molar-refractivity contribution in [3.8, 4) is 0 Å². The molecule has 28 heavy (non-hydrogen) atoms. The Balaban J connectivity index is 1.82. The Kier molecular flexibility index (Phi) is 6.40. The monoisotopic (exact) mass is 422 g/mol. The minimum atomic E-state index is -3.68. The molecule has 3 rings (SSSR count). The molecule has 1 heterocycles. The Bertz CT molecular complexity index is 955. The number of nitrogens with zero attached hydrogens (tertiary/aromatic N) is 1. The highest BCUT2D eigenvalue weighted by Crippen LogP contribution is 2.23. The van der Waals surface area contributed by atoms with Gasteiger partial charge in [-0.25, -0.2) is 8.42 Å². The van der Waals surface area contributed by atoms with Crippen LogP contribution in [0.1, 0.15) is 34.5 Å². The van der Waals surface area contributed by atoms with Crippen LogP contribution in [-0.4, -0.2) is 44.9 Å². The molecule has 2 aromatic carbocycles. The third-order valence-electron chi connectivity index (χ3n) is 4.76. The summed E-state index contributed by atoms with van der Waals surface area (Å²) in [6, 6.07) is 11.7. The minimum Gasteiger partial charge on any atom is -0.379 e. The lowest BCUT2D eigenvalue weighted by Gasteiger charge is -2.26. The summed E-state index contributed by atoms with van der Waals surface area (Å²) in [7, 11) is -3.68. The van der Waals surface area contributed by atoms with Crippen molar-refractivity contribution in [1.82, 2.24) is 9.62 Å². The molecule has 2 aromatic rings. The second-order valence-electron chi connectivity index (χ2n) is 6.74. The zero-order valence-corrected chi connectivity index (χ0v) is 17.4. The van der Waals surface area contributed by atoms with Crippen LogP contribution < -0.4 is 5.32 Å². The maximum Gasteiger partial charge on any atom is 0.251 e. The number of amides is 1. The summed E-state index contributed by atoms with van der Waals surface area (Å²) in [4.78, 5) is 12.9. The van der Waals surface area contributed by atoms with Crippen molar-refractivity contribution in [3.05, 3.63) is 64.2 Å². The highest BCUT2D eigenvalue weighted by molar-refractivity contribution is 7.89.